The summed E-state index contributed by atoms with van der Waals surface area (Å²) in [6, 6.07) is 0. The van der Waals surface area contributed by atoms with Crippen LogP contribution >= 0.6 is 23.4 Å². The summed E-state index contributed by atoms with van der Waals surface area (Å²) in [5.74, 6) is 3.06. The molecule has 0 nitrogen and oxygen atoms in total. The molecule has 0 aliphatic rings. The molecule has 0 radical (unpaired) electrons. The topological polar surface area (TPSA) is 0 Å². The molecular formula is C9H17ClS. The van der Waals surface area contributed by atoms with Crippen LogP contribution in [0.25, 0.3) is 0 Å². The first-order valence-corrected chi connectivity index (χ1v) is 5.64. The highest BCUT2D eigenvalue weighted by molar-refractivity contribution is 7.99. The van der Waals surface area contributed by atoms with Gasteiger partial charge in [0.25, 0.3) is 0 Å². The van der Waals surface area contributed by atoms with Crippen LogP contribution in [0.4, 0.5) is 0 Å². The Morgan fingerprint density at radius 3 is 2.64 bits per heavy atom. The van der Waals surface area contributed by atoms with Gasteiger partial charge < -0.3 is 0 Å². The van der Waals surface area contributed by atoms with Gasteiger partial charge >= 0.3 is 0 Å². The molecule has 0 saturated carbocycles. The van der Waals surface area contributed by atoms with Gasteiger partial charge in [-0.25, -0.2) is 0 Å². The van der Waals surface area contributed by atoms with Gasteiger partial charge in [0.2, 0.25) is 0 Å². The largest absolute Gasteiger partial charge is 0.162 e. The Hall–Kier alpha value is 0.380. The van der Waals surface area contributed by atoms with Crippen LogP contribution in [0.2, 0.25) is 0 Å². The molecule has 0 spiro atoms. The minimum absolute atomic E-state index is 0.143. The van der Waals surface area contributed by atoms with Gasteiger partial charge in [-0.2, -0.15) is 11.8 Å². The molecule has 0 N–H and O–H groups in total. The SMILES string of the molecule is C=CC(C)(CCl)CCSCC. The maximum Gasteiger partial charge on any atom is 0.0312 e. The Balaban J connectivity index is 3.60. The van der Waals surface area contributed by atoms with E-state index in [2.05, 4.69) is 20.4 Å². The predicted octanol–water partition coefficient (Wildman–Crippen LogP) is 3.56. The highest BCUT2D eigenvalue weighted by Crippen LogP contribution is 2.26. The summed E-state index contributed by atoms with van der Waals surface area (Å²) < 4.78 is 0. The van der Waals surface area contributed by atoms with Crippen LogP contribution in [-0.2, 0) is 0 Å². The van der Waals surface area contributed by atoms with Crippen LogP contribution in [0.5, 0.6) is 0 Å². The Morgan fingerprint density at radius 1 is 1.64 bits per heavy atom. The van der Waals surface area contributed by atoms with Crippen molar-refractivity contribution in [3.63, 3.8) is 0 Å². The van der Waals surface area contributed by atoms with Crippen LogP contribution in [0.15, 0.2) is 12.7 Å². The molecule has 0 bridgehead atoms. The van der Waals surface area contributed by atoms with Crippen molar-refractivity contribution in [1.29, 1.82) is 0 Å². The Kier molecular flexibility index (Phi) is 6.16. The number of hydrogen-bond acceptors (Lipinski definition) is 1. The van der Waals surface area contributed by atoms with Gasteiger partial charge in [0.15, 0.2) is 0 Å². The fourth-order valence-corrected chi connectivity index (χ4v) is 1.82. The van der Waals surface area contributed by atoms with Crippen molar-refractivity contribution in [3.8, 4) is 0 Å². The molecule has 11 heavy (non-hydrogen) atoms. The van der Waals surface area contributed by atoms with Gasteiger partial charge in [-0.1, -0.05) is 19.9 Å². The molecule has 0 aromatic carbocycles. The summed E-state index contributed by atoms with van der Waals surface area (Å²) in [6.45, 7) is 8.12. The van der Waals surface area contributed by atoms with Gasteiger partial charge in [0, 0.05) is 5.88 Å². The summed E-state index contributed by atoms with van der Waals surface area (Å²) in [7, 11) is 0. The van der Waals surface area contributed by atoms with Gasteiger partial charge in [0.05, 0.1) is 0 Å². The van der Waals surface area contributed by atoms with Crippen molar-refractivity contribution in [1.82, 2.24) is 0 Å². The van der Waals surface area contributed by atoms with Gasteiger partial charge in [0.1, 0.15) is 0 Å². The maximum atomic E-state index is 5.81. The van der Waals surface area contributed by atoms with Gasteiger partial charge in [-0.15, -0.1) is 18.2 Å². The van der Waals surface area contributed by atoms with E-state index in [1.165, 1.54) is 11.5 Å². The minimum atomic E-state index is 0.143. The van der Waals surface area contributed by atoms with Crippen molar-refractivity contribution < 1.29 is 0 Å². The van der Waals surface area contributed by atoms with E-state index < -0.39 is 0 Å². The van der Waals surface area contributed by atoms with Crippen molar-refractivity contribution in [2.24, 2.45) is 5.41 Å². The van der Waals surface area contributed by atoms with E-state index >= 15 is 0 Å². The van der Waals surface area contributed by atoms with Crippen LogP contribution < -0.4 is 0 Å². The molecule has 0 aliphatic carbocycles. The number of rotatable bonds is 6. The zero-order chi connectivity index (χ0) is 8.74. The number of hydrogen-bond donors (Lipinski definition) is 0. The van der Waals surface area contributed by atoms with E-state index in [4.69, 9.17) is 11.6 Å². The fourth-order valence-electron chi connectivity index (χ4n) is 0.673. The lowest BCUT2D eigenvalue weighted by Gasteiger charge is -2.21. The normalized spacial score (nSPS) is 15.9. The molecule has 0 aliphatic heterocycles. The fraction of sp³-hybridized carbons (Fsp3) is 0.778. The first kappa shape index (κ1) is 11.4. The first-order valence-electron chi connectivity index (χ1n) is 3.96. The van der Waals surface area contributed by atoms with Crippen LogP contribution in [-0.4, -0.2) is 17.4 Å². The van der Waals surface area contributed by atoms with E-state index in [0.29, 0.717) is 5.88 Å². The van der Waals surface area contributed by atoms with Crippen molar-refractivity contribution in [2.45, 2.75) is 20.3 Å². The van der Waals surface area contributed by atoms with E-state index in [1.54, 1.807) is 0 Å². The van der Waals surface area contributed by atoms with E-state index in [-0.39, 0.29) is 5.41 Å². The number of thioether (sulfide) groups is 1. The molecular weight excluding hydrogens is 176 g/mol. The summed E-state index contributed by atoms with van der Waals surface area (Å²) >= 11 is 7.77. The summed E-state index contributed by atoms with van der Waals surface area (Å²) in [5.41, 5.74) is 0.143. The lowest BCUT2D eigenvalue weighted by molar-refractivity contribution is 0.475. The van der Waals surface area contributed by atoms with Crippen molar-refractivity contribution in [2.75, 3.05) is 17.4 Å². The van der Waals surface area contributed by atoms with Crippen LogP contribution in [0.3, 0.4) is 0 Å². The van der Waals surface area contributed by atoms with Gasteiger partial charge in [-0.3, -0.25) is 0 Å². The van der Waals surface area contributed by atoms with Crippen LogP contribution in [0, 0.1) is 5.41 Å². The number of allylic oxidation sites excluding steroid dienone is 1. The molecule has 0 rings (SSSR count). The average molecular weight is 193 g/mol. The summed E-state index contributed by atoms with van der Waals surface area (Å²) in [5, 5.41) is 0. The molecule has 0 aromatic heterocycles. The lowest BCUT2D eigenvalue weighted by Crippen LogP contribution is -2.15. The molecule has 0 saturated heterocycles. The molecule has 0 aromatic rings. The Morgan fingerprint density at radius 2 is 2.27 bits per heavy atom. The molecule has 1 atom stereocenters. The highest BCUT2D eigenvalue weighted by atomic mass is 35.5. The minimum Gasteiger partial charge on any atom is -0.162 e. The quantitative estimate of drug-likeness (QED) is 0.352. The third-order valence-corrected chi connectivity index (χ3v) is 3.33. The Labute approximate surface area is 79.4 Å². The standard InChI is InChI=1S/C9H17ClS/c1-4-9(3,8-10)6-7-11-5-2/h4H,1,5-8H2,2-3H3. The highest BCUT2D eigenvalue weighted by Gasteiger charge is 2.17. The zero-order valence-electron chi connectivity index (χ0n) is 7.40. The Bertz CT molecular complexity index is 114. The van der Waals surface area contributed by atoms with E-state index in [1.807, 2.05) is 17.8 Å². The number of alkyl halides is 1. The van der Waals surface area contributed by atoms with E-state index in [9.17, 15) is 0 Å². The smallest absolute Gasteiger partial charge is 0.0312 e. The molecule has 0 heterocycles. The monoisotopic (exact) mass is 192 g/mol. The molecule has 1 unspecified atom stereocenters. The maximum absolute atomic E-state index is 5.81. The van der Waals surface area contributed by atoms with Crippen LogP contribution in [0.1, 0.15) is 20.3 Å². The third kappa shape index (κ3) is 4.76. The molecule has 0 amide bonds. The van der Waals surface area contributed by atoms with Crippen molar-refractivity contribution in [3.05, 3.63) is 12.7 Å². The van der Waals surface area contributed by atoms with E-state index in [0.717, 1.165) is 6.42 Å². The van der Waals surface area contributed by atoms with Gasteiger partial charge in [-0.05, 0) is 23.3 Å². The molecule has 0 fully saturated rings. The molecule has 66 valence electrons. The third-order valence-electron chi connectivity index (χ3n) is 1.82. The first-order chi connectivity index (χ1) is 5.18. The zero-order valence-corrected chi connectivity index (χ0v) is 8.97. The second-order valence-electron chi connectivity index (χ2n) is 2.94. The van der Waals surface area contributed by atoms with Crippen molar-refractivity contribution >= 4 is 23.4 Å². The summed E-state index contributed by atoms with van der Waals surface area (Å²) in [6.07, 6.45) is 3.11. The average Bonchev–Trinajstić information content (AvgIpc) is 2.05. The lowest BCUT2D eigenvalue weighted by atomic mass is 9.90. The summed E-state index contributed by atoms with van der Waals surface area (Å²) in [4.78, 5) is 0. The number of halogens is 1. The second-order valence-corrected chi connectivity index (χ2v) is 4.60. The predicted molar refractivity (Wildman–Crippen MR) is 56.6 cm³/mol. The second kappa shape index (κ2) is 5.96. The molecule has 2 heteroatoms.